The minimum atomic E-state index is -1.98. The Bertz CT molecular complexity index is 489. The molecule has 7 nitrogen and oxygen atoms in total. The minimum Gasteiger partial charge on any atom is -0.438 e. The molecule has 2 atom stereocenters. The van der Waals surface area contributed by atoms with Gasteiger partial charge in [0.1, 0.15) is 19.3 Å². The molecule has 0 saturated heterocycles. The molecule has 0 saturated carbocycles. The SMILES string of the molecule is CCCCCCCCCCCCCCCCCCCC(COP(O)OCC[N+](C)(C)C)OC(=O)OC. The molecule has 0 amide bonds. The Morgan fingerprint density at radius 2 is 1.19 bits per heavy atom. The summed E-state index contributed by atoms with van der Waals surface area (Å²) in [7, 11) is 5.49. The van der Waals surface area contributed by atoms with Gasteiger partial charge in [0, 0.05) is 0 Å². The second-order valence-electron chi connectivity index (χ2n) is 11.0. The third-order valence-corrected chi connectivity index (χ3v) is 7.17. The van der Waals surface area contributed by atoms with E-state index in [0.29, 0.717) is 13.0 Å². The van der Waals surface area contributed by atoms with Gasteiger partial charge in [-0.25, -0.2) is 4.79 Å². The van der Waals surface area contributed by atoms with Crippen molar-refractivity contribution >= 4 is 14.8 Å². The first kappa shape index (κ1) is 35.5. The Kier molecular flexibility index (Phi) is 24.5. The lowest BCUT2D eigenvalue weighted by Gasteiger charge is -2.24. The zero-order valence-corrected chi connectivity index (χ0v) is 25.2. The maximum atomic E-state index is 11.5. The Hall–Kier alpha value is -0.460. The van der Waals surface area contributed by atoms with Crippen LogP contribution < -0.4 is 0 Å². The van der Waals surface area contributed by atoms with Gasteiger partial charge in [0.15, 0.2) is 0 Å². The van der Waals surface area contributed by atoms with Crippen LogP contribution in [-0.2, 0) is 18.5 Å². The quantitative estimate of drug-likeness (QED) is 0.0520. The van der Waals surface area contributed by atoms with E-state index in [0.717, 1.165) is 23.9 Å². The van der Waals surface area contributed by atoms with E-state index in [1.807, 2.05) is 0 Å². The number of ether oxygens (including phenoxy) is 2. The fourth-order valence-corrected chi connectivity index (χ4v) is 4.64. The fourth-order valence-electron chi connectivity index (χ4n) is 4.03. The van der Waals surface area contributed by atoms with E-state index in [9.17, 15) is 9.69 Å². The third kappa shape index (κ3) is 26.6. The van der Waals surface area contributed by atoms with Crippen molar-refractivity contribution in [3.63, 3.8) is 0 Å². The van der Waals surface area contributed by atoms with Gasteiger partial charge in [-0.15, -0.1) is 0 Å². The summed E-state index contributed by atoms with van der Waals surface area (Å²) in [5, 5.41) is 0. The third-order valence-electron chi connectivity index (χ3n) is 6.39. The van der Waals surface area contributed by atoms with Crippen molar-refractivity contribution < 1.29 is 32.7 Å². The zero-order chi connectivity index (χ0) is 26.9. The Morgan fingerprint density at radius 3 is 1.61 bits per heavy atom. The van der Waals surface area contributed by atoms with E-state index in [1.54, 1.807) is 0 Å². The molecule has 0 bridgehead atoms. The molecule has 0 aliphatic heterocycles. The number of rotatable bonds is 26. The van der Waals surface area contributed by atoms with Gasteiger partial charge < -0.3 is 27.9 Å². The van der Waals surface area contributed by atoms with Crippen LogP contribution in [0.2, 0.25) is 0 Å². The normalized spacial score (nSPS) is 13.5. The van der Waals surface area contributed by atoms with Crippen molar-refractivity contribution in [2.75, 3.05) is 48.0 Å². The molecular formula is C28H59NO6P+. The average Bonchev–Trinajstić information content (AvgIpc) is 2.83. The lowest BCUT2D eigenvalue weighted by atomic mass is 10.0. The molecule has 0 heterocycles. The van der Waals surface area contributed by atoms with Crippen LogP contribution in [0.4, 0.5) is 4.79 Å². The molecule has 36 heavy (non-hydrogen) atoms. The van der Waals surface area contributed by atoms with Crippen LogP contribution >= 0.6 is 8.60 Å². The van der Waals surface area contributed by atoms with E-state index in [4.69, 9.17) is 13.8 Å². The highest BCUT2D eigenvalue weighted by atomic mass is 31.2. The molecule has 216 valence electrons. The lowest BCUT2D eigenvalue weighted by molar-refractivity contribution is -0.870. The molecule has 0 spiro atoms. The van der Waals surface area contributed by atoms with Crippen LogP contribution in [0.5, 0.6) is 0 Å². The smallest absolute Gasteiger partial charge is 0.438 e. The summed E-state index contributed by atoms with van der Waals surface area (Å²) in [5.74, 6) is 0. The maximum absolute atomic E-state index is 11.5. The average molecular weight is 537 g/mol. The van der Waals surface area contributed by atoms with E-state index < -0.39 is 20.9 Å². The predicted octanol–water partition coefficient (Wildman–Crippen LogP) is 8.14. The lowest BCUT2D eigenvalue weighted by Crippen LogP contribution is -2.37. The molecule has 8 heteroatoms. The van der Waals surface area contributed by atoms with Crippen molar-refractivity contribution in [1.29, 1.82) is 0 Å². The number of unbranched alkanes of at least 4 members (excludes halogenated alkanes) is 16. The van der Waals surface area contributed by atoms with E-state index in [-0.39, 0.29) is 6.61 Å². The number of carbonyl (C=O) groups is 1. The van der Waals surface area contributed by atoms with E-state index >= 15 is 0 Å². The maximum Gasteiger partial charge on any atom is 0.508 e. The highest BCUT2D eigenvalue weighted by Gasteiger charge is 2.19. The fraction of sp³-hybridized carbons (Fsp3) is 0.964. The van der Waals surface area contributed by atoms with Gasteiger partial charge in [-0.3, -0.25) is 0 Å². The summed E-state index contributed by atoms with van der Waals surface area (Å²) < 4.78 is 21.4. The minimum absolute atomic E-state index is 0.112. The number of likely N-dealkylation sites (N-methyl/N-ethyl adjacent to an activating group) is 1. The summed E-state index contributed by atoms with van der Waals surface area (Å²) in [5.41, 5.74) is 0. The van der Waals surface area contributed by atoms with Crippen LogP contribution in [0.3, 0.4) is 0 Å². The first-order valence-corrected chi connectivity index (χ1v) is 15.7. The van der Waals surface area contributed by atoms with Gasteiger partial charge in [0.2, 0.25) is 0 Å². The van der Waals surface area contributed by atoms with Gasteiger partial charge in [-0.05, 0) is 12.8 Å². The van der Waals surface area contributed by atoms with Crippen LogP contribution in [0.25, 0.3) is 0 Å². The molecular weight excluding hydrogens is 477 g/mol. The molecule has 0 aromatic rings. The standard InChI is InChI=1S/C28H59NO6P/c1-6-7-8-9-10-11-12-13-14-15-16-17-18-19-20-21-22-23-27(35-28(30)32-5)26-34-36(31)33-25-24-29(2,3)4/h27,31H,6-26H2,1-5H3/q+1. The van der Waals surface area contributed by atoms with Crippen LogP contribution in [-0.4, -0.2) is 69.6 Å². The van der Waals surface area contributed by atoms with Crippen molar-refractivity contribution in [1.82, 2.24) is 0 Å². The molecule has 0 aromatic carbocycles. The Morgan fingerprint density at radius 1 is 0.750 bits per heavy atom. The molecule has 0 rings (SSSR count). The zero-order valence-electron chi connectivity index (χ0n) is 24.3. The van der Waals surface area contributed by atoms with E-state index in [2.05, 4.69) is 32.8 Å². The molecule has 2 unspecified atom stereocenters. The second-order valence-corrected chi connectivity index (χ2v) is 12.0. The summed E-state index contributed by atoms with van der Waals surface area (Å²) in [4.78, 5) is 21.5. The summed E-state index contributed by atoms with van der Waals surface area (Å²) in [6.45, 7) is 3.57. The van der Waals surface area contributed by atoms with Crippen molar-refractivity contribution in [3.8, 4) is 0 Å². The number of methoxy groups -OCH3 is 1. The van der Waals surface area contributed by atoms with Gasteiger partial charge in [0.25, 0.3) is 0 Å². The summed E-state index contributed by atoms with van der Waals surface area (Å²) >= 11 is 0. The summed E-state index contributed by atoms with van der Waals surface area (Å²) in [6.07, 6.45) is 22.1. The summed E-state index contributed by atoms with van der Waals surface area (Å²) in [6, 6.07) is 0. The predicted molar refractivity (Wildman–Crippen MR) is 150 cm³/mol. The molecule has 1 N–H and O–H groups in total. The molecule has 0 aliphatic rings. The molecule has 0 radical (unpaired) electrons. The van der Waals surface area contributed by atoms with Crippen molar-refractivity contribution in [2.24, 2.45) is 0 Å². The van der Waals surface area contributed by atoms with Gasteiger partial charge in [-0.1, -0.05) is 110 Å². The second kappa shape index (κ2) is 24.9. The largest absolute Gasteiger partial charge is 0.508 e. The van der Waals surface area contributed by atoms with E-state index in [1.165, 1.54) is 103 Å². The first-order valence-electron chi connectivity index (χ1n) is 14.6. The van der Waals surface area contributed by atoms with Gasteiger partial charge >= 0.3 is 14.8 Å². The number of nitrogens with zero attached hydrogens (tertiary/aromatic N) is 1. The Balaban J connectivity index is 3.71. The highest BCUT2D eigenvalue weighted by Crippen LogP contribution is 2.33. The molecule has 0 aliphatic carbocycles. The number of quaternary nitrogens is 1. The monoisotopic (exact) mass is 536 g/mol. The Labute approximate surface area is 224 Å². The number of hydrogen-bond donors (Lipinski definition) is 1. The molecule has 0 aromatic heterocycles. The van der Waals surface area contributed by atoms with Gasteiger partial charge in [0.05, 0.1) is 34.9 Å². The van der Waals surface area contributed by atoms with Gasteiger partial charge in [-0.2, -0.15) is 0 Å². The van der Waals surface area contributed by atoms with Crippen molar-refractivity contribution in [3.05, 3.63) is 0 Å². The van der Waals surface area contributed by atoms with Crippen LogP contribution in [0.15, 0.2) is 0 Å². The number of hydrogen-bond acceptors (Lipinski definition) is 6. The topological polar surface area (TPSA) is 74.2 Å². The van der Waals surface area contributed by atoms with Crippen LogP contribution in [0.1, 0.15) is 122 Å². The van der Waals surface area contributed by atoms with Crippen molar-refractivity contribution in [2.45, 2.75) is 129 Å². The molecule has 0 fully saturated rings. The first-order chi connectivity index (χ1) is 17.3. The number of carbonyl (C=O) groups excluding carboxylic acids is 1. The highest BCUT2D eigenvalue weighted by molar-refractivity contribution is 7.40. The van der Waals surface area contributed by atoms with Crippen LogP contribution in [0, 0.1) is 0 Å².